The molecule has 0 radical (unpaired) electrons. The van der Waals surface area contributed by atoms with Crippen LogP contribution >= 0.6 is 35.6 Å². The molecule has 112 valence electrons. The van der Waals surface area contributed by atoms with Crippen molar-refractivity contribution < 1.29 is 0 Å². The van der Waals surface area contributed by atoms with Crippen molar-refractivity contribution in [2.45, 2.75) is 4.90 Å². The molecule has 1 N–H and O–H groups in total. The van der Waals surface area contributed by atoms with Gasteiger partial charge in [-0.25, -0.2) is 0 Å². The Labute approximate surface area is 144 Å². The number of aromatic nitrogens is 2. The van der Waals surface area contributed by atoms with Gasteiger partial charge in [0, 0.05) is 28.1 Å². The highest BCUT2D eigenvalue weighted by molar-refractivity contribution is 7.98. The normalized spacial score (nSPS) is 10.9. The summed E-state index contributed by atoms with van der Waals surface area (Å²) in [5.41, 5.74) is 4.30. The number of rotatable bonds is 3. The molecule has 0 fully saturated rings. The summed E-state index contributed by atoms with van der Waals surface area (Å²) in [5.74, 6) is 0. The topological polar surface area (TPSA) is 20.7 Å². The zero-order valence-electron chi connectivity index (χ0n) is 12.3. The lowest BCUT2D eigenvalue weighted by Gasteiger charge is -2.08. The van der Waals surface area contributed by atoms with Crippen molar-refractivity contribution in [2.24, 2.45) is 7.05 Å². The molecule has 22 heavy (non-hydrogen) atoms. The van der Waals surface area contributed by atoms with E-state index in [0.29, 0.717) is 4.77 Å². The largest absolute Gasteiger partial charge is 0.330 e. The number of aromatic amines is 1. The molecule has 1 aromatic heterocycles. The molecular formula is C17H15ClN2S2. The van der Waals surface area contributed by atoms with E-state index >= 15 is 0 Å². The molecule has 3 rings (SSSR count). The Balaban J connectivity index is 2.17. The SMILES string of the molecule is CSc1ccc(-c2[nH]c(=S)n(C)c2-c2ccc(Cl)cc2)cc1. The van der Waals surface area contributed by atoms with Crippen LogP contribution in [-0.2, 0) is 7.05 Å². The Bertz CT molecular complexity index is 846. The van der Waals surface area contributed by atoms with Gasteiger partial charge in [0.25, 0.3) is 0 Å². The lowest BCUT2D eigenvalue weighted by Crippen LogP contribution is -1.92. The maximum Gasteiger partial charge on any atom is 0.177 e. The first-order valence-electron chi connectivity index (χ1n) is 6.79. The third-order valence-corrected chi connectivity index (χ3v) is 4.98. The van der Waals surface area contributed by atoms with Crippen molar-refractivity contribution in [1.29, 1.82) is 0 Å². The number of hydrogen-bond acceptors (Lipinski definition) is 2. The number of H-pyrrole nitrogens is 1. The fourth-order valence-electron chi connectivity index (χ4n) is 2.43. The number of thioether (sulfide) groups is 1. The van der Waals surface area contributed by atoms with Crippen LogP contribution in [0.2, 0.25) is 5.02 Å². The molecule has 2 aromatic carbocycles. The minimum atomic E-state index is 0.703. The number of nitrogens with one attached hydrogen (secondary N) is 1. The Morgan fingerprint density at radius 3 is 2.18 bits per heavy atom. The van der Waals surface area contributed by atoms with Gasteiger partial charge in [0.05, 0.1) is 11.4 Å². The first kappa shape index (κ1) is 15.4. The van der Waals surface area contributed by atoms with Gasteiger partial charge in [0.1, 0.15) is 0 Å². The quantitative estimate of drug-likeness (QED) is 0.478. The zero-order chi connectivity index (χ0) is 15.7. The second-order valence-electron chi connectivity index (χ2n) is 4.95. The zero-order valence-corrected chi connectivity index (χ0v) is 14.6. The second kappa shape index (κ2) is 6.32. The number of nitrogens with zero attached hydrogens (tertiary/aromatic N) is 1. The van der Waals surface area contributed by atoms with Crippen molar-refractivity contribution in [1.82, 2.24) is 9.55 Å². The van der Waals surface area contributed by atoms with E-state index in [-0.39, 0.29) is 0 Å². The lowest BCUT2D eigenvalue weighted by molar-refractivity contribution is 0.902. The molecule has 0 bridgehead atoms. The van der Waals surface area contributed by atoms with Gasteiger partial charge in [0.15, 0.2) is 4.77 Å². The van der Waals surface area contributed by atoms with Gasteiger partial charge in [-0.1, -0.05) is 35.9 Å². The van der Waals surface area contributed by atoms with Gasteiger partial charge >= 0.3 is 0 Å². The Hall–Kier alpha value is -1.49. The summed E-state index contributed by atoms with van der Waals surface area (Å²) in [5, 5.41) is 0.728. The molecule has 0 saturated heterocycles. The maximum absolute atomic E-state index is 6.00. The van der Waals surface area contributed by atoms with Gasteiger partial charge in [0.2, 0.25) is 0 Å². The Morgan fingerprint density at radius 2 is 1.59 bits per heavy atom. The number of imidazole rings is 1. The Morgan fingerprint density at radius 1 is 1.00 bits per heavy atom. The first-order chi connectivity index (χ1) is 10.6. The molecule has 0 aliphatic rings. The summed E-state index contributed by atoms with van der Waals surface area (Å²) in [6.07, 6.45) is 2.07. The van der Waals surface area contributed by atoms with Gasteiger partial charge in [-0.15, -0.1) is 11.8 Å². The smallest absolute Gasteiger partial charge is 0.177 e. The number of benzene rings is 2. The second-order valence-corrected chi connectivity index (χ2v) is 6.65. The fourth-order valence-corrected chi connectivity index (χ4v) is 3.16. The van der Waals surface area contributed by atoms with Crippen LogP contribution in [-0.4, -0.2) is 15.8 Å². The first-order valence-corrected chi connectivity index (χ1v) is 8.80. The molecule has 0 amide bonds. The minimum absolute atomic E-state index is 0.703. The molecule has 0 saturated carbocycles. The van der Waals surface area contributed by atoms with E-state index in [1.165, 1.54) is 4.90 Å². The van der Waals surface area contributed by atoms with Gasteiger partial charge in [-0.3, -0.25) is 0 Å². The standard InChI is InChI=1S/C17H15ClN2S2/c1-20-16(12-3-7-13(18)8-4-12)15(19-17(20)21)11-5-9-14(22-2)10-6-11/h3-10H,1-2H3,(H,19,21). The van der Waals surface area contributed by atoms with Crippen LogP contribution in [0.5, 0.6) is 0 Å². The van der Waals surface area contributed by atoms with Gasteiger partial charge < -0.3 is 9.55 Å². The monoisotopic (exact) mass is 346 g/mol. The van der Waals surface area contributed by atoms with Gasteiger partial charge in [-0.05, 0) is 42.7 Å². The average molecular weight is 347 g/mol. The van der Waals surface area contributed by atoms with E-state index in [2.05, 4.69) is 35.5 Å². The molecular weight excluding hydrogens is 332 g/mol. The predicted octanol–water partition coefficient (Wildman–Crippen LogP) is 5.79. The molecule has 0 unspecified atom stereocenters. The van der Waals surface area contributed by atoms with Crippen molar-refractivity contribution in [2.75, 3.05) is 6.26 Å². The van der Waals surface area contributed by atoms with Crippen LogP contribution in [0.15, 0.2) is 53.4 Å². The van der Waals surface area contributed by atoms with E-state index in [1.807, 2.05) is 35.9 Å². The summed E-state index contributed by atoms with van der Waals surface area (Å²) in [7, 11) is 1.97. The van der Waals surface area contributed by atoms with Crippen molar-refractivity contribution in [3.05, 3.63) is 58.3 Å². The molecule has 3 aromatic rings. The third kappa shape index (κ3) is 2.86. The molecule has 1 heterocycles. The highest BCUT2D eigenvalue weighted by Gasteiger charge is 2.13. The third-order valence-electron chi connectivity index (χ3n) is 3.61. The van der Waals surface area contributed by atoms with Crippen LogP contribution in [0.1, 0.15) is 0 Å². The van der Waals surface area contributed by atoms with Crippen LogP contribution in [0.25, 0.3) is 22.5 Å². The van der Waals surface area contributed by atoms with Crippen molar-refractivity contribution in [3.63, 3.8) is 0 Å². The minimum Gasteiger partial charge on any atom is -0.330 e. The van der Waals surface area contributed by atoms with E-state index in [1.54, 1.807) is 11.8 Å². The molecule has 5 heteroatoms. The van der Waals surface area contributed by atoms with Crippen LogP contribution in [0.4, 0.5) is 0 Å². The van der Waals surface area contributed by atoms with Crippen LogP contribution in [0, 0.1) is 4.77 Å². The van der Waals surface area contributed by atoms with E-state index in [4.69, 9.17) is 23.8 Å². The Kier molecular flexibility index (Phi) is 4.43. The van der Waals surface area contributed by atoms with E-state index in [9.17, 15) is 0 Å². The highest BCUT2D eigenvalue weighted by atomic mass is 35.5. The number of halogens is 1. The fraction of sp³-hybridized carbons (Fsp3) is 0.118. The molecule has 0 aliphatic heterocycles. The van der Waals surface area contributed by atoms with E-state index < -0.39 is 0 Å². The van der Waals surface area contributed by atoms with E-state index in [0.717, 1.165) is 27.5 Å². The summed E-state index contributed by atoms with van der Waals surface area (Å²) in [4.78, 5) is 4.56. The van der Waals surface area contributed by atoms with Crippen molar-refractivity contribution >= 4 is 35.6 Å². The summed E-state index contributed by atoms with van der Waals surface area (Å²) in [6, 6.07) is 16.3. The predicted molar refractivity (Wildman–Crippen MR) is 98.3 cm³/mol. The molecule has 0 atom stereocenters. The lowest BCUT2D eigenvalue weighted by atomic mass is 10.0. The molecule has 2 nitrogen and oxygen atoms in total. The summed E-state index contributed by atoms with van der Waals surface area (Å²) >= 11 is 13.1. The average Bonchev–Trinajstić information content (AvgIpc) is 2.84. The van der Waals surface area contributed by atoms with Crippen molar-refractivity contribution in [3.8, 4) is 22.5 Å². The van der Waals surface area contributed by atoms with Crippen LogP contribution in [0.3, 0.4) is 0 Å². The number of hydrogen-bond donors (Lipinski definition) is 1. The molecule has 0 aliphatic carbocycles. The summed E-state index contributed by atoms with van der Waals surface area (Å²) < 4.78 is 2.70. The maximum atomic E-state index is 6.00. The van der Waals surface area contributed by atoms with Gasteiger partial charge in [-0.2, -0.15) is 0 Å². The van der Waals surface area contributed by atoms with Crippen LogP contribution < -0.4 is 0 Å². The highest BCUT2D eigenvalue weighted by Crippen LogP contribution is 2.32. The summed E-state index contributed by atoms with van der Waals surface area (Å²) in [6.45, 7) is 0. The molecule has 0 spiro atoms.